The highest BCUT2D eigenvalue weighted by molar-refractivity contribution is 6.28. The lowest BCUT2D eigenvalue weighted by molar-refractivity contribution is 0.594. The van der Waals surface area contributed by atoms with E-state index in [1.54, 1.807) is 0 Å². The first-order valence-electron chi connectivity index (χ1n) is 16.9. The minimum absolute atomic E-state index is 0.0323. The van der Waals surface area contributed by atoms with Gasteiger partial charge in [-0.25, -0.2) is 0 Å². The van der Waals surface area contributed by atoms with Crippen LogP contribution in [0, 0.1) is 0 Å². The van der Waals surface area contributed by atoms with E-state index >= 15 is 0 Å². The van der Waals surface area contributed by atoms with Crippen molar-refractivity contribution in [2.24, 2.45) is 0 Å². The van der Waals surface area contributed by atoms with Crippen molar-refractivity contribution < 1.29 is 0 Å². The van der Waals surface area contributed by atoms with Gasteiger partial charge in [-0.1, -0.05) is 121 Å². The molecule has 2 heterocycles. The van der Waals surface area contributed by atoms with Crippen LogP contribution in [0.4, 0.5) is 17.1 Å². The zero-order valence-corrected chi connectivity index (χ0v) is 27.9. The molecule has 0 aliphatic carbocycles. The van der Waals surface area contributed by atoms with Crippen molar-refractivity contribution in [2.75, 3.05) is 4.90 Å². The average Bonchev–Trinajstić information content (AvgIpc) is 3.38. The van der Waals surface area contributed by atoms with Crippen molar-refractivity contribution in [2.45, 2.75) is 65.7 Å². The molecule has 0 unspecified atom stereocenters. The summed E-state index contributed by atoms with van der Waals surface area (Å²) in [5.41, 5.74) is 11.8. The van der Waals surface area contributed by atoms with Gasteiger partial charge in [-0.2, -0.15) is 0 Å². The average molecular weight is 597 g/mol. The van der Waals surface area contributed by atoms with Gasteiger partial charge in [0.1, 0.15) is 0 Å². The zero-order chi connectivity index (χ0) is 31.6. The number of fused-ring (bicyclic) bond motifs is 5. The molecule has 2 heteroatoms. The van der Waals surface area contributed by atoms with Gasteiger partial charge in [0.15, 0.2) is 0 Å². The molecular formula is C44H40N2. The number of para-hydroxylation sites is 4. The zero-order valence-electron chi connectivity index (χ0n) is 27.9. The van der Waals surface area contributed by atoms with Crippen LogP contribution in [0.25, 0.3) is 59.8 Å². The van der Waals surface area contributed by atoms with Crippen LogP contribution in [0.5, 0.6) is 0 Å². The second kappa shape index (κ2) is 9.36. The third-order valence-corrected chi connectivity index (χ3v) is 10.5. The van der Waals surface area contributed by atoms with E-state index in [1.807, 2.05) is 0 Å². The van der Waals surface area contributed by atoms with E-state index < -0.39 is 0 Å². The normalized spacial score (nSPS) is 13.5. The molecule has 0 saturated heterocycles. The Bertz CT molecular complexity index is 2520. The number of rotatable bonds is 3. The van der Waals surface area contributed by atoms with Gasteiger partial charge in [0, 0.05) is 16.2 Å². The molecule has 0 spiro atoms. The van der Waals surface area contributed by atoms with Crippen LogP contribution in [0.1, 0.15) is 77.0 Å². The lowest BCUT2D eigenvalue weighted by Crippen LogP contribution is -2.19. The van der Waals surface area contributed by atoms with Crippen LogP contribution in [0.3, 0.4) is 0 Å². The molecule has 0 fully saturated rings. The Kier molecular flexibility index (Phi) is 5.59. The fraction of sp³-hybridized carbons (Fsp3) is 0.227. The van der Waals surface area contributed by atoms with Crippen molar-refractivity contribution in [3.8, 4) is 5.69 Å². The summed E-state index contributed by atoms with van der Waals surface area (Å²) in [4.78, 5) is 2.56. The Morgan fingerprint density at radius 3 is 1.76 bits per heavy atom. The topological polar surface area (TPSA) is 8.17 Å². The molecule has 0 saturated carbocycles. The molecule has 46 heavy (non-hydrogen) atoms. The van der Waals surface area contributed by atoms with E-state index in [1.165, 1.54) is 93.6 Å². The second-order valence-electron chi connectivity index (χ2n) is 15.0. The summed E-state index contributed by atoms with van der Waals surface area (Å²) in [6, 6.07) is 39.3. The molecule has 1 aliphatic heterocycles. The molecule has 0 amide bonds. The maximum absolute atomic E-state index is 2.56. The first-order valence-corrected chi connectivity index (χ1v) is 16.9. The maximum Gasteiger partial charge on any atom is 0.0783 e. The molecule has 1 aromatic heterocycles. The third kappa shape index (κ3) is 3.53. The van der Waals surface area contributed by atoms with Gasteiger partial charge in [0.05, 0.1) is 33.8 Å². The van der Waals surface area contributed by atoms with Crippen LogP contribution < -0.4 is 4.90 Å². The summed E-state index contributed by atoms with van der Waals surface area (Å²) in [7, 11) is 0. The van der Waals surface area contributed by atoms with Crippen molar-refractivity contribution in [1.29, 1.82) is 0 Å². The van der Waals surface area contributed by atoms with Gasteiger partial charge < -0.3 is 9.47 Å². The second-order valence-corrected chi connectivity index (χ2v) is 15.0. The van der Waals surface area contributed by atoms with Crippen LogP contribution >= 0.6 is 0 Å². The molecule has 2 nitrogen and oxygen atoms in total. The van der Waals surface area contributed by atoms with Crippen molar-refractivity contribution in [1.82, 2.24) is 4.57 Å². The van der Waals surface area contributed by atoms with Crippen molar-refractivity contribution in [3.63, 3.8) is 0 Å². The van der Waals surface area contributed by atoms with Crippen LogP contribution in [0.15, 0.2) is 103 Å². The van der Waals surface area contributed by atoms with Gasteiger partial charge in [0.25, 0.3) is 0 Å². The Balaban J connectivity index is 1.48. The summed E-state index contributed by atoms with van der Waals surface area (Å²) >= 11 is 0. The van der Waals surface area contributed by atoms with Crippen LogP contribution in [0.2, 0.25) is 0 Å². The smallest absolute Gasteiger partial charge is 0.0783 e. The Labute approximate surface area is 271 Å². The quantitative estimate of drug-likeness (QED) is 0.184. The van der Waals surface area contributed by atoms with E-state index in [0.29, 0.717) is 11.8 Å². The standard InChI is InChI=1S/C44H40N2/c1-25(2)33-23-35(44(5,6)7)31-21-19-29-34(26(3)4)24-40(32-22-20-28(33)41(31)42(29)32)45-37-16-10-11-17-38(37)46-36-15-9-8-13-27(36)30-14-12-18-39(45)43(30)46/h8-26H,1-7H3. The molecule has 8 aromatic rings. The van der Waals surface area contributed by atoms with Crippen molar-refractivity contribution >= 4 is 71.2 Å². The van der Waals surface area contributed by atoms with E-state index in [0.717, 1.165) is 0 Å². The number of aromatic nitrogens is 1. The van der Waals surface area contributed by atoms with Gasteiger partial charge in [0.2, 0.25) is 0 Å². The maximum atomic E-state index is 2.56. The Morgan fingerprint density at radius 2 is 1.04 bits per heavy atom. The highest BCUT2D eigenvalue weighted by Crippen LogP contribution is 2.53. The monoisotopic (exact) mass is 596 g/mol. The van der Waals surface area contributed by atoms with E-state index in [4.69, 9.17) is 0 Å². The fourth-order valence-electron chi connectivity index (χ4n) is 8.45. The van der Waals surface area contributed by atoms with Crippen LogP contribution in [-0.4, -0.2) is 4.57 Å². The summed E-state index contributed by atoms with van der Waals surface area (Å²) in [6.45, 7) is 16.5. The minimum Gasteiger partial charge on any atom is -0.306 e. The Hall–Kier alpha value is -4.82. The lowest BCUT2D eigenvalue weighted by atomic mass is 9.77. The van der Waals surface area contributed by atoms with Gasteiger partial charge >= 0.3 is 0 Å². The lowest BCUT2D eigenvalue weighted by Gasteiger charge is -2.35. The van der Waals surface area contributed by atoms with Crippen LogP contribution in [-0.2, 0) is 5.41 Å². The summed E-state index contributed by atoms with van der Waals surface area (Å²) in [5.74, 6) is 0.806. The molecule has 9 rings (SSSR count). The number of hydrogen-bond donors (Lipinski definition) is 0. The first-order chi connectivity index (χ1) is 22.1. The van der Waals surface area contributed by atoms with E-state index in [-0.39, 0.29) is 5.41 Å². The van der Waals surface area contributed by atoms with Crippen molar-refractivity contribution in [3.05, 3.63) is 120 Å². The van der Waals surface area contributed by atoms with E-state index in [2.05, 4.69) is 161 Å². The van der Waals surface area contributed by atoms with E-state index in [9.17, 15) is 0 Å². The molecule has 1 aliphatic rings. The number of nitrogens with zero attached hydrogens (tertiary/aromatic N) is 2. The van der Waals surface area contributed by atoms with Gasteiger partial charge in [-0.05, 0) is 91.2 Å². The number of benzene rings is 7. The first kappa shape index (κ1) is 27.5. The molecular weight excluding hydrogens is 556 g/mol. The summed E-state index contributed by atoms with van der Waals surface area (Å²) in [5, 5.41) is 10.9. The molecule has 0 radical (unpaired) electrons. The highest BCUT2D eigenvalue weighted by atomic mass is 15.2. The predicted octanol–water partition coefficient (Wildman–Crippen LogP) is 13.0. The largest absolute Gasteiger partial charge is 0.306 e. The molecule has 0 atom stereocenters. The van der Waals surface area contributed by atoms with Gasteiger partial charge in [-0.3, -0.25) is 0 Å². The molecule has 226 valence electrons. The third-order valence-electron chi connectivity index (χ3n) is 10.5. The number of hydrogen-bond acceptors (Lipinski definition) is 1. The SMILES string of the molecule is CC(C)c1cc(N2c3ccccc3-n3c4ccccc4c4cccc2c43)c2ccc3c(C(C)C)cc(C(C)(C)C)c4ccc1c2c34. The summed E-state index contributed by atoms with van der Waals surface area (Å²) in [6.07, 6.45) is 0. The predicted molar refractivity (Wildman–Crippen MR) is 200 cm³/mol. The molecule has 0 bridgehead atoms. The van der Waals surface area contributed by atoms with Gasteiger partial charge in [-0.15, -0.1) is 0 Å². The minimum atomic E-state index is 0.0323. The fourth-order valence-corrected chi connectivity index (χ4v) is 8.45. The Morgan fingerprint density at radius 1 is 0.478 bits per heavy atom. The number of anilines is 3. The molecule has 7 aromatic carbocycles. The highest BCUT2D eigenvalue weighted by Gasteiger charge is 2.31. The molecule has 0 N–H and O–H groups in total. The summed E-state index contributed by atoms with van der Waals surface area (Å²) < 4.78 is 2.48.